The molecule has 0 bridgehead atoms. The molecule has 0 aliphatic carbocycles. The van der Waals surface area contributed by atoms with Crippen LogP contribution in [-0.2, 0) is 6.54 Å². The fourth-order valence-corrected chi connectivity index (χ4v) is 3.22. The van der Waals surface area contributed by atoms with Gasteiger partial charge in [0.05, 0.1) is 7.11 Å². The molecule has 1 aliphatic rings. The minimum atomic E-state index is 0. The zero-order valence-electron chi connectivity index (χ0n) is 15.8. The maximum Gasteiger partial charge on any atom is 0.191 e. The molecule has 1 aromatic rings. The van der Waals surface area contributed by atoms with E-state index in [1.807, 2.05) is 25.2 Å². The molecule has 0 unspecified atom stereocenters. The summed E-state index contributed by atoms with van der Waals surface area (Å²) in [5, 5.41) is 6.85. The SMILES string of the molecule is CCCN1CCC(CNC(=NC)NCc2ccccc2OC)CC1.I. The Bertz CT molecular complexity index is 516. The second kappa shape index (κ2) is 12.4. The van der Waals surface area contributed by atoms with Gasteiger partial charge in [-0.1, -0.05) is 25.1 Å². The number of methoxy groups -OCH3 is 1. The molecule has 1 aromatic carbocycles. The highest BCUT2D eigenvalue weighted by Gasteiger charge is 2.18. The number of hydrogen-bond acceptors (Lipinski definition) is 3. The van der Waals surface area contributed by atoms with Gasteiger partial charge >= 0.3 is 0 Å². The Morgan fingerprint density at radius 3 is 2.60 bits per heavy atom. The number of hydrogen-bond donors (Lipinski definition) is 2. The summed E-state index contributed by atoms with van der Waals surface area (Å²) in [6.45, 7) is 7.65. The summed E-state index contributed by atoms with van der Waals surface area (Å²) in [5.41, 5.74) is 1.14. The Morgan fingerprint density at radius 2 is 1.96 bits per heavy atom. The molecule has 0 saturated carbocycles. The molecule has 1 fully saturated rings. The van der Waals surface area contributed by atoms with E-state index >= 15 is 0 Å². The van der Waals surface area contributed by atoms with Crippen LogP contribution in [0.3, 0.4) is 0 Å². The number of benzene rings is 1. The van der Waals surface area contributed by atoms with Crippen LogP contribution >= 0.6 is 24.0 Å². The second-order valence-electron chi connectivity index (χ2n) is 6.40. The average molecular weight is 460 g/mol. The van der Waals surface area contributed by atoms with E-state index in [1.165, 1.54) is 38.9 Å². The number of piperidine rings is 1. The van der Waals surface area contributed by atoms with Gasteiger partial charge in [0.1, 0.15) is 5.75 Å². The Balaban J connectivity index is 0.00000312. The molecule has 0 amide bonds. The molecule has 0 atom stereocenters. The number of guanidine groups is 1. The van der Waals surface area contributed by atoms with Crippen molar-refractivity contribution in [2.75, 3.05) is 40.3 Å². The maximum atomic E-state index is 5.39. The Hall–Kier alpha value is -1.02. The molecule has 25 heavy (non-hydrogen) atoms. The van der Waals surface area contributed by atoms with Crippen LogP contribution in [0.25, 0.3) is 0 Å². The average Bonchev–Trinajstić information content (AvgIpc) is 2.63. The summed E-state index contributed by atoms with van der Waals surface area (Å²) in [6.07, 6.45) is 3.80. The van der Waals surface area contributed by atoms with E-state index in [1.54, 1.807) is 7.11 Å². The first kappa shape index (κ1) is 22.0. The van der Waals surface area contributed by atoms with Crippen LogP contribution < -0.4 is 15.4 Å². The van der Waals surface area contributed by atoms with Crippen molar-refractivity contribution in [1.29, 1.82) is 0 Å². The van der Waals surface area contributed by atoms with Gasteiger partial charge in [0.15, 0.2) is 5.96 Å². The molecular formula is C19H33IN4O. The fraction of sp³-hybridized carbons (Fsp3) is 0.632. The predicted molar refractivity (Wildman–Crippen MR) is 116 cm³/mol. The van der Waals surface area contributed by atoms with Crippen LogP contribution in [0.1, 0.15) is 31.7 Å². The Kier molecular flexibility index (Phi) is 10.9. The fourth-order valence-electron chi connectivity index (χ4n) is 3.22. The third-order valence-corrected chi connectivity index (χ3v) is 4.67. The normalized spacial score (nSPS) is 16.2. The van der Waals surface area contributed by atoms with E-state index in [0.29, 0.717) is 6.54 Å². The van der Waals surface area contributed by atoms with E-state index in [4.69, 9.17) is 4.74 Å². The quantitative estimate of drug-likeness (QED) is 0.373. The minimum Gasteiger partial charge on any atom is -0.496 e. The van der Waals surface area contributed by atoms with Gasteiger partial charge in [-0.25, -0.2) is 0 Å². The van der Waals surface area contributed by atoms with Gasteiger partial charge in [-0.15, -0.1) is 24.0 Å². The number of likely N-dealkylation sites (tertiary alicyclic amines) is 1. The molecule has 6 heteroatoms. The third-order valence-electron chi connectivity index (χ3n) is 4.67. The van der Waals surface area contributed by atoms with Gasteiger partial charge in [-0.3, -0.25) is 4.99 Å². The summed E-state index contributed by atoms with van der Waals surface area (Å²) < 4.78 is 5.39. The highest BCUT2D eigenvalue weighted by molar-refractivity contribution is 14.0. The van der Waals surface area contributed by atoms with Crippen molar-refractivity contribution in [2.45, 2.75) is 32.7 Å². The monoisotopic (exact) mass is 460 g/mol. The lowest BCUT2D eigenvalue weighted by Crippen LogP contribution is -2.42. The Morgan fingerprint density at radius 1 is 1.24 bits per heavy atom. The number of halogens is 1. The highest BCUT2D eigenvalue weighted by atomic mass is 127. The standard InChI is InChI=1S/C19H32N4O.HI/c1-4-11-23-12-9-16(10-13-23)14-21-19(20-2)22-15-17-7-5-6-8-18(17)24-3;/h5-8,16H,4,9-15H2,1-3H3,(H2,20,21,22);1H. The van der Waals surface area contributed by atoms with Crippen molar-refractivity contribution in [1.82, 2.24) is 15.5 Å². The molecular weight excluding hydrogens is 427 g/mol. The smallest absolute Gasteiger partial charge is 0.191 e. The largest absolute Gasteiger partial charge is 0.496 e. The second-order valence-corrected chi connectivity index (χ2v) is 6.40. The van der Waals surface area contributed by atoms with E-state index in [-0.39, 0.29) is 24.0 Å². The molecule has 2 N–H and O–H groups in total. The van der Waals surface area contributed by atoms with Gasteiger partial charge in [-0.2, -0.15) is 0 Å². The lowest BCUT2D eigenvalue weighted by Gasteiger charge is -2.32. The van der Waals surface area contributed by atoms with Gasteiger partial charge in [0.2, 0.25) is 0 Å². The third kappa shape index (κ3) is 7.40. The molecule has 1 aliphatic heterocycles. The highest BCUT2D eigenvalue weighted by Crippen LogP contribution is 2.17. The summed E-state index contributed by atoms with van der Waals surface area (Å²) in [4.78, 5) is 6.91. The van der Waals surface area contributed by atoms with Crippen LogP contribution in [0.2, 0.25) is 0 Å². The van der Waals surface area contributed by atoms with Crippen LogP contribution in [0.5, 0.6) is 5.75 Å². The number of aliphatic imine (C=N–C) groups is 1. The molecule has 2 rings (SSSR count). The molecule has 5 nitrogen and oxygen atoms in total. The van der Waals surface area contributed by atoms with Crippen LogP contribution in [0.4, 0.5) is 0 Å². The molecule has 142 valence electrons. The number of ether oxygens (including phenoxy) is 1. The van der Waals surface area contributed by atoms with E-state index in [9.17, 15) is 0 Å². The van der Waals surface area contributed by atoms with Crippen molar-refractivity contribution in [2.24, 2.45) is 10.9 Å². The molecule has 0 spiro atoms. The van der Waals surface area contributed by atoms with Gasteiger partial charge in [0, 0.05) is 25.7 Å². The maximum absolute atomic E-state index is 5.39. The van der Waals surface area contributed by atoms with Crippen molar-refractivity contribution >= 4 is 29.9 Å². The topological polar surface area (TPSA) is 48.9 Å². The van der Waals surface area contributed by atoms with Crippen LogP contribution in [0, 0.1) is 5.92 Å². The number of para-hydroxylation sites is 1. The van der Waals surface area contributed by atoms with Crippen molar-refractivity contribution in [3.63, 3.8) is 0 Å². The van der Waals surface area contributed by atoms with Gasteiger partial charge < -0.3 is 20.3 Å². The molecule has 1 saturated heterocycles. The zero-order chi connectivity index (χ0) is 17.2. The van der Waals surface area contributed by atoms with Crippen LogP contribution in [0.15, 0.2) is 29.3 Å². The lowest BCUT2D eigenvalue weighted by molar-refractivity contribution is 0.185. The van der Waals surface area contributed by atoms with Crippen molar-refractivity contribution in [3.8, 4) is 5.75 Å². The summed E-state index contributed by atoms with van der Waals surface area (Å²) >= 11 is 0. The number of nitrogens with one attached hydrogen (secondary N) is 2. The van der Waals surface area contributed by atoms with Crippen molar-refractivity contribution in [3.05, 3.63) is 29.8 Å². The number of nitrogens with zero attached hydrogens (tertiary/aromatic N) is 2. The summed E-state index contributed by atoms with van der Waals surface area (Å²) in [5.74, 6) is 2.50. The van der Waals surface area contributed by atoms with E-state index < -0.39 is 0 Å². The van der Waals surface area contributed by atoms with Gasteiger partial charge in [0.25, 0.3) is 0 Å². The number of rotatable bonds is 7. The molecule has 0 aromatic heterocycles. The first-order valence-corrected chi connectivity index (χ1v) is 9.05. The van der Waals surface area contributed by atoms with Crippen LogP contribution in [-0.4, -0.2) is 51.2 Å². The summed E-state index contributed by atoms with van der Waals surface area (Å²) in [6, 6.07) is 8.07. The zero-order valence-corrected chi connectivity index (χ0v) is 18.1. The van der Waals surface area contributed by atoms with E-state index in [0.717, 1.165) is 29.7 Å². The van der Waals surface area contributed by atoms with E-state index in [2.05, 4.69) is 33.5 Å². The van der Waals surface area contributed by atoms with Gasteiger partial charge in [-0.05, 0) is 50.9 Å². The predicted octanol–water partition coefficient (Wildman–Crippen LogP) is 3.10. The lowest BCUT2D eigenvalue weighted by atomic mass is 9.97. The first-order valence-electron chi connectivity index (χ1n) is 9.05. The molecule has 0 radical (unpaired) electrons. The Labute approximate surface area is 169 Å². The molecule has 1 heterocycles. The summed E-state index contributed by atoms with van der Waals surface area (Å²) in [7, 11) is 3.53. The van der Waals surface area contributed by atoms with Crippen molar-refractivity contribution < 1.29 is 4.74 Å². The first-order chi connectivity index (χ1) is 11.8. The minimum absolute atomic E-state index is 0.